The van der Waals surface area contributed by atoms with Crippen molar-refractivity contribution in [2.24, 2.45) is 0 Å². The van der Waals surface area contributed by atoms with Gasteiger partial charge in [0.15, 0.2) is 0 Å². The monoisotopic (exact) mass is 409 g/mol. The SMILES string of the molecule is Cc1ccc(-n2nc3c(c2NC(=O)/C=C/c2ccccc2Cl)CSC3)cc1C. The van der Waals surface area contributed by atoms with E-state index in [1.807, 2.05) is 40.7 Å². The molecule has 0 radical (unpaired) electrons. The van der Waals surface area contributed by atoms with E-state index in [9.17, 15) is 4.79 Å². The quantitative estimate of drug-likeness (QED) is 0.575. The number of amides is 1. The molecule has 1 N–H and O–H groups in total. The second-order valence-electron chi connectivity index (χ2n) is 6.79. The van der Waals surface area contributed by atoms with Crippen LogP contribution in [0.15, 0.2) is 48.5 Å². The average Bonchev–Trinajstić information content (AvgIpc) is 3.26. The van der Waals surface area contributed by atoms with Crippen LogP contribution >= 0.6 is 23.4 Å². The highest BCUT2D eigenvalue weighted by Gasteiger charge is 2.24. The van der Waals surface area contributed by atoms with Gasteiger partial charge in [-0.05, 0) is 54.8 Å². The highest BCUT2D eigenvalue weighted by molar-refractivity contribution is 7.98. The number of carbonyl (C=O) groups is 1. The van der Waals surface area contributed by atoms with Gasteiger partial charge in [-0.15, -0.1) is 0 Å². The molecule has 4 nitrogen and oxygen atoms in total. The second kappa shape index (κ2) is 7.86. The molecule has 1 aliphatic rings. The standard InChI is InChI=1S/C22H20ClN3OS/c1-14-7-9-17(11-15(14)2)26-22(18-12-28-13-20(18)25-26)24-21(27)10-8-16-5-3-4-6-19(16)23/h3-11H,12-13H2,1-2H3,(H,24,27)/b10-8+. The Bertz CT molecular complexity index is 1090. The summed E-state index contributed by atoms with van der Waals surface area (Å²) in [5.74, 6) is 2.26. The van der Waals surface area contributed by atoms with E-state index >= 15 is 0 Å². The zero-order valence-corrected chi connectivity index (χ0v) is 17.3. The van der Waals surface area contributed by atoms with E-state index in [0.717, 1.165) is 39.8 Å². The molecule has 2 aromatic carbocycles. The van der Waals surface area contributed by atoms with Gasteiger partial charge in [-0.3, -0.25) is 4.79 Å². The smallest absolute Gasteiger partial charge is 0.249 e. The molecule has 0 spiro atoms. The Morgan fingerprint density at radius 3 is 2.79 bits per heavy atom. The number of fused-ring (bicyclic) bond motifs is 1. The summed E-state index contributed by atoms with van der Waals surface area (Å²) in [6.45, 7) is 4.16. The van der Waals surface area contributed by atoms with Crippen LogP contribution in [0.3, 0.4) is 0 Å². The molecule has 3 aromatic rings. The van der Waals surface area contributed by atoms with E-state index in [4.69, 9.17) is 16.7 Å². The van der Waals surface area contributed by atoms with E-state index in [-0.39, 0.29) is 5.91 Å². The Hall–Kier alpha value is -2.50. The summed E-state index contributed by atoms with van der Waals surface area (Å²) in [5, 5.41) is 8.40. The summed E-state index contributed by atoms with van der Waals surface area (Å²) in [6, 6.07) is 13.6. The third-order valence-electron chi connectivity index (χ3n) is 4.85. The fraction of sp³-hybridized carbons (Fsp3) is 0.182. The molecule has 0 atom stereocenters. The van der Waals surface area contributed by atoms with E-state index in [2.05, 4.69) is 31.3 Å². The molecule has 6 heteroatoms. The Morgan fingerprint density at radius 1 is 1.18 bits per heavy atom. The predicted molar refractivity (Wildman–Crippen MR) is 117 cm³/mol. The van der Waals surface area contributed by atoms with Crippen LogP contribution in [0.2, 0.25) is 5.02 Å². The highest BCUT2D eigenvalue weighted by atomic mass is 35.5. The Kier molecular flexibility index (Phi) is 5.29. The normalized spacial score (nSPS) is 13.1. The second-order valence-corrected chi connectivity index (χ2v) is 8.18. The van der Waals surface area contributed by atoms with Gasteiger partial charge in [-0.1, -0.05) is 35.9 Å². The number of nitrogens with zero attached hydrogens (tertiary/aromatic N) is 2. The number of nitrogens with one attached hydrogen (secondary N) is 1. The first kappa shape index (κ1) is 18.8. The van der Waals surface area contributed by atoms with E-state index in [1.54, 1.807) is 12.1 Å². The number of anilines is 1. The van der Waals surface area contributed by atoms with Crippen molar-refractivity contribution in [2.45, 2.75) is 25.4 Å². The number of benzene rings is 2. The highest BCUT2D eigenvalue weighted by Crippen LogP contribution is 2.36. The number of aryl methyl sites for hydroxylation is 2. The fourth-order valence-electron chi connectivity index (χ4n) is 3.12. The van der Waals surface area contributed by atoms with Crippen molar-refractivity contribution in [3.8, 4) is 5.69 Å². The Morgan fingerprint density at radius 2 is 2.00 bits per heavy atom. The van der Waals surface area contributed by atoms with Crippen molar-refractivity contribution in [3.63, 3.8) is 0 Å². The number of aromatic nitrogens is 2. The lowest BCUT2D eigenvalue weighted by molar-refractivity contribution is -0.111. The summed E-state index contributed by atoms with van der Waals surface area (Å²) in [5.41, 5.74) is 6.32. The number of halogens is 1. The van der Waals surface area contributed by atoms with Gasteiger partial charge in [-0.25, -0.2) is 4.68 Å². The van der Waals surface area contributed by atoms with Crippen molar-refractivity contribution in [3.05, 3.63) is 81.5 Å². The maximum absolute atomic E-state index is 12.6. The first-order valence-corrected chi connectivity index (χ1v) is 10.6. The van der Waals surface area contributed by atoms with Crippen LogP contribution in [-0.2, 0) is 16.3 Å². The number of rotatable bonds is 4. The molecule has 4 rings (SSSR count). The van der Waals surface area contributed by atoms with Gasteiger partial charge in [0.25, 0.3) is 0 Å². The minimum Gasteiger partial charge on any atom is -0.307 e. The molecule has 0 unspecified atom stereocenters. The van der Waals surface area contributed by atoms with Gasteiger partial charge in [0.2, 0.25) is 5.91 Å². The summed E-state index contributed by atoms with van der Waals surface area (Å²) >= 11 is 7.97. The molecule has 0 aliphatic carbocycles. The van der Waals surface area contributed by atoms with Crippen LogP contribution in [0, 0.1) is 13.8 Å². The molecule has 0 saturated heterocycles. The number of hydrogen-bond donors (Lipinski definition) is 1. The minimum atomic E-state index is -0.204. The largest absolute Gasteiger partial charge is 0.307 e. The molecule has 1 aliphatic heterocycles. The minimum absolute atomic E-state index is 0.204. The van der Waals surface area contributed by atoms with Crippen molar-refractivity contribution in [1.82, 2.24) is 9.78 Å². The van der Waals surface area contributed by atoms with Crippen molar-refractivity contribution < 1.29 is 4.79 Å². The molecule has 1 amide bonds. The summed E-state index contributed by atoms with van der Waals surface area (Å²) in [4.78, 5) is 12.6. The third kappa shape index (κ3) is 3.73. The van der Waals surface area contributed by atoms with Gasteiger partial charge in [0.1, 0.15) is 5.82 Å². The van der Waals surface area contributed by atoms with Gasteiger partial charge in [-0.2, -0.15) is 16.9 Å². The van der Waals surface area contributed by atoms with Gasteiger partial charge in [0.05, 0.1) is 11.4 Å². The fourth-order valence-corrected chi connectivity index (χ4v) is 4.35. The van der Waals surface area contributed by atoms with Crippen LogP contribution in [0.1, 0.15) is 27.9 Å². The third-order valence-corrected chi connectivity index (χ3v) is 6.16. The van der Waals surface area contributed by atoms with E-state index in [0.29, 0.717) is 5.02 Å². The van der Waals surface area contributed by atoms with E-state index in [1.165, 1.54) is 17.2 Å². The molecule has 142 valence electrons. The average molecular weight is 410 g/mol. The summed E-state index contributed by atoms with van der Waals surface area (Å²) in [7, 11) is 0. The van der Waals surface area contributed by atoms with Crippen LogP contribution in [-0.4, -0.2) is 15.7 Å². The number of hydrogen-bond acceptors (Lipinski definition) is 3. The summed E-state index contributed by atoms with van der Waals surface area (Å²) < 4.78 is 1.85. The van der Waals surface area contributed by atoms with Gasteiger partial charge >= 0.3 is 0 Å². The first-order valence-electron chi connectivity index (χ1n) is 9.02. The van der Waals surface area contributed by atoms with Gasteiger partial charge < -0.3 is 5.32 Å². The van der Waals surface area contributed by atoms with Crippen LogP contribution in [0.25, 0.3) is 11.8 Å². The number of carbonyl (C=O) groups excluding carboxylic acids is 1. The van der Waals surface area contributed by atoms with Crippen molar-refractivity contribution in [1.29, 1.82) is 0 Å². The maximum Gasteiger partial charge on any atom is 0.249 e. The maximum atomic E-state index is 12.6. The predicted octanol–water partition coefficient (Wildman–Crippen LogP) is 5.54. The molecule has 0 fully saturated rings. The molecule has 0 saturated carbocycles. The lowest BCUT2D eigenvalue weighted by Crippen LogP contribution is -2.13. The van der Waals surface area contributed by atoms with Crippen molar-refractivity contribution in [2.75, 3.05) is 5.32 Å². The zero-order chi connectivity index (χ0) is 19.7. The molecule has 0 bridgehead atoms. The molecular weight excluding hydrogens is 390 g/mol. The van der Waals surface area contributed by atoms with E-state index < -0.39 is 0 Å². The number of thioether (sulfide) groups is 1. The Balaban J connectivity index is 1.64. The van der Waals surface area contributed by atoms with Crippen molar-refractivity contribution >= 4 is 41.2 Å². The molecule has 1 aromatic heterocycles. The van der Waals surface area contributed by atoms with Crippen LogP contribution in [0.5, 0.6) is 0 Å². The zero-order valence-electron chi connectivity index (χ0n) is 15.7. The lowest BCUT2D eigenvalue weighted by atomic mass is 10.1. The van der Waals surface area contributed by atoms with Gasteiger partial charge in [0, 0.05) is 28.2 Å². The molecule has 28 heavy (non-hydrogen) atoms. The van der Waals surface area contributed by atoms with Crippen LogP contribution < -0.4 is 5.32 Å². The Labute approximate surface area is 173 Å². The summed E-state index contributed by atoms with van der Waals surface area (Å²) in [6.07, 6.45) is 3.23. The van der Waals surface area contributed by atoms with Crippen LogP contribution in [0.4, 0.5) is 5.82 Å². The first-order chi connectivity index (χ1) is 13.5. The molecule has 2 heterocycles. The lowest BCUT2D eigenvalue weighted by Gasteiger charge is -2.11. The topological polar surface area (TPSA) is 46.9 Å². The molecular formula is C22H20ClN3OS.